The largest absolute Gasteiger partial charge is 0.325 e. The summed E-state index contributed by atoms with van der Waals surface area (Å²) >= 11 is 1.38. The number of carbonyl (C=O) groups is 3. The van der Waals surface area contributed by atoms with Gasteiger partial charge in [0, 0.05) is 34.2 Å². The summed E-state index contributed by atoms with van der Waals surface area (Å²) in [5.74, 6) is -0.739. The van der Waals surface area contributed by atoms with Crippen LogP contribution in [0, 0.1) is 0 Å². The quantitative estimate of drug-likeness (QED) is 0.144. The van der Waals surface area contributed by atoms with Gasteiger partial charge in [-0.25, -0.2) is 0 Å². The lowest BCUT2D eigenvalue weighted by Gasteiger charge is -2.12. The molecule has 1 aromatic heterocycles. The molecule has 0 atom stereocenters. The number of nitrogens with zero attached hydrogens (tertiary/aromatic N) is 1. The molecule has 0 spiro atoms. The summed E-state index contributed by atoms with van der Waals surface area (Å²) in [6, 6.07) is 33.1. The van der Waals surface area contributed by atoms with E-state index in [0.29, 0.717) is 16.9 Å². The normalized spacial score (nSPS) is 11.1. The third-order valence-electron chi connectivity index (χ3n) is 6.10. The molecule has 0 saturated carbocycles. The maximum Gasteiger partial charge on any atom is 0.272 e. The first kappa shape index (κ1) is 27.4. The highest BCUT2D eigenvalue weighted by atomic mass is 32.2. The van der Waals surface area contributed by atoms with Gasteiger partial charge in [-0.15, -0.1) is 11.8 Å². The summed E-state index contributed by atoms with van der Waals surface area (Å²) < 4.78 is 0. The number of hydrogen-bond acceptors (Lipinski definition) is 5. The second-order valence-electron chi connectivity index (χ2n) is 9.00. The van der Waals surface area contributed by atoms with Crippen LogP contribution in [-0.2, 0) is 9.59 Å². The third-order valence-corrected chi connectivity index (χ3v) is 7.11. The second kappa shape index (κ2) is 13.2. The van der Waals surface area contributed by atoms with Gasteiger partial charge in [0.25, 0.3) is 11.8 Å². The Labute approximate surface area is 241 Å². The van der Waals surface area contributed by atoms with Gasteiger partial charge in [0.2, 0.25) is 5.91 Å². The van der Waals surface area contributed by atoms with E-state index in [4.69, 9.17) is 0 Å². The molecule has 3 N–H and O–H groups in total. The van der Waals surface area contributed by atoms with Crippen molar-refractivity contribution in [3.05, 3.63) is 138 Å². The molecule has 5 rings (SSSR count). The molecule has 0 bridgehead atoms. The number of amides is 3. The number of hydrogen-bond donors (Lipinski definition) is 3. The maximum absolute atomic E-state index is 13.4. The summed E-state index contributed by atoms with van der Waals surface area (Å²) in [7, 11) is 0. The van der Waals surface area contributed by atoms with Crippen molar-refractivity contribution < 1.29 is 14.4 Å². The first-order valence-corrected chi connectivity index (χ1v) is 13.8. The average molecular weight is 559 g/mol. The lowest BCUT2D eigenvalue weighted by Crippen LogP contribution is -2.30. The Morgan fingerprint density at radius 3 is 2.17 bits per heavy atom. The van der Waals surface area contributed by atoms with Gasteiger partial charge in [0.15, 0.2) is 0 Å². The van der Waals surface area contributed by atoms with Crippen LogP contribution < -0.4 is 16.0 Å². The van der Waals surface area contributed by atoms with E-state index in [1.54, 1.807) is 67.0 Å². The van der Waals surface area contributed by atoms with Crippen molar-refractivity contribution >= 4 is 57.7 Å². The number of pyridine rings is 1. The van der Waals surface area contributed by atoms with E-state index in [9.17, 15) is 14.4 Å². The Hall–Kier alpha value is -5.21. The molecule has 7 nitrogen and oxygen atoms in total. The standard InChI is InChI=1S/C33H26N4O3S/c38-31(35-27-17-19-34-20-18-27)22-41-28-15-13-26(14-16-28)36-33(40)30(37-32(39)24-8-2-1-3-9-24)21-25-11-6-10-23-7-4-5-12-29(23)25/h1-21H,22H2,(H,36,40)(H,37,39)(H,34,35,38)/b30-21-. The van der Waals surface area contributed by atoms with Crippen molar-refractivity contribution in [3.8, 4) is 0 Å². The van der Waals surface area contributed by atoms with E-state index < -0.39 is 5.91 Å². The van der Waals surface area contributed by atoms with E-state index in [-0.39, 0.29) is 23.3 Å². The highest BCUT2D eigenvalue weighted by molar-refractivity contribution is 8.00. The van der Waals surface area contributed by atoms with Gasteiger partial charge in [-0.2, -0.15) is 0 Å². The lowest BCUT2D eigenvalue weighted by molar-refractivity contribution is -0.114. The summed E-state index contributed by atoms with van der Waals surface area (Å²) in [4.78, 5) is 43.5. The van der Waals surface area contributed by atoms with Crippen LogP contribution in [0.3, 0.4) is 0 Å². The zero-order chi connectivity index (χ0) is 28.4. The van der Waals surface area contributed by atoms with Crippen LogP contribution in [0.1, 0.15) is 15.9 Å². The van der Waals surface area contributed by atoms with Gasteiger partial charge < -0.3 is 16.0 Å². The monoisotopic (exact) mass is 558 g/mol. The molecule has 4 aromatic carbocycles. The van der Waals surface area contributed by atoms with Gasteiger partial charge >= 0.3 is 0 Å². The molecule has 0 aliphatic carbocycles. The van der Waals surface area contributed by atoms with Crippen LogP contribution >= 0.6 is 11.8 Å². The topological polar surface area (TPSA) is 100 Å². The van der Waals surface area contributed by atoms with E-state index in [2.05, 4.69) is 20.9 Å². The molecule has 41 heavy (non-hydrogen) atoms. The fourth-order valence-corrected chi connectivity index (χ4v) is 4.79. The number of anilines is 2. The molecular weight excluding hydrogens is 532 g/mol. The summed E-state index contributed by atoms with van der Waals surface area (Å²) in [6.07, 6.45) is 4.92. The Bertz CT molecular complexity index is 1700. The molecule has 0 aliphatic rings. The van der Waals surface area contributed by atoms with Gasteiger partial charge in [-0.05, 0) is 70.9 Å². The Kier molecular flexibility index (Phi) is 8.83. The predicted molar refractivity (Wildman–Crippen MR) is 164 cm³/mol. The van der Waals surface area contributed by atoms with Crippen LogP contribution in [0.5, 0.6) is 0 Å². The zero-order valence-corrected chi connectivity index (χ0v) is 22.7. The predicted octanol–water partition coefficient (Wildman–Crippen LogP) is 6.38. The first-order valence-electron chi connectivity index (χ1n) is 12.8. The summed E-state index contributed by atoms with van der Waals surface area (Å²) in [6.45, 7) is 0. The van der Waals surface area contributed by atoms with Crippen molar-refractivity contribution in [3.63, 3.8) is 0 Å². The van der Waals surface area contributed by atoms with Crippen molar-refractivity contribution in [1.82, 2.24) is 10.3 Å². The SMILES string of the molecule is O=C(CSc1ccc(NC(=O)/C(=C/c2cccc3ccccc23)NC(=O)c2ccccc2)cc1)Nc1ccncc1. The Balaban J connectivity index is 1.30. The van der Waals surface area contributed by atoms with Gasteiger partial charge in [0.1, 0.15) is 5.70 Å². The van der Waals surface area contributed by atoms with Crippen LogP contribution in [0.4, 0.5) is 11.4 Å². The van der Waals surface area contributed by atoms with Crippen LogP contribution in [0.25, 0.3) is 16.8 Å². The second-order valence-corrected chi connectivity index (χ2v) is 10.0. The molecule has 1 heterocycles. The van der Waals surface area contributed by atoms with Crippen molar-refractivity contribution in [2.45, 2.75) is 4.90 Å². The number of carbonyl (C=O) groups excluding carboxylic acids is 3. The van der Waals surface area contributed by atoms with E-state index >= 15 is 0 Å². The molecule has 0 saturated heterocycles. The van der Waals surface area contributed by atoms with Crippen molar-refractivity contribution in [2.24, 2.45) is 0 Å². The van der Waals surface area contributed by atoms with Crippen LogP contribution in [0.15, 0.2) is 132 Å². The van der Waals surface area contributed by atoms with Gasteiger partial charge in [-0.1, -0.05) is 60.7 Å². The maximum atomic E-state index is 13.4. The van der Waals surface area contributed by atoms with Crippen LogP contribution in [-0.4, -0.2) is 28.5 Å². The first-order chi connectivity index (χ1) is 20.0. The van der Waals surface area contributed by atoms with Crippen molar-refractivity contribution in [2.75, 3.05) is 16.4 Å². The average Bonchev–Trinajstić information content (AvgIpc) is 3.01. The zero-order valence-electron chi connectivity index (χ0n) is 21.9. The van der Waals surface area contributed by atoms with Crippen molar-refractivity contribution in [1.29, 1.82) is 0 Å². The Morgan fingerprint density at radius 2 is 1.39 bits per heavy atom. The molecule has 0 fully saturated rings. The number of rotatable bonds is 9. The van der Waals surface area contributed by atoms with Crippen LogP contribution in [0.2, 0.25) is 0 Å². The number of benzene rings is 4. The fourth-order valence-electron chi connectivity index (χ4n) is 4.09. The minimum absolute atomic E-state index is 0.112. The minimum Gasteiger partial charge on any atom is -0.325 e. The van der Waals surface area contributed by atoms with Gasteiger partial charge in [0.05, 0.1) is 5.75 Å². The number of aromatic nitrogens is 1. The van der Waals surface area contributed by atoms with E-state index in [1.807, 2.05) is 60.7 Å². The molecule has 8 heteroatoms. The third kappa shape index (κ3) is 7.46. The Morgan fingerprint density at radius 1 is 0.707 bits per heavy atom. The van der Waals surface area contributed by atoms with E-state index in [0.717, 1.165) is 21.2 Å². The lowest BCUT2D eigenvalue weighted by atomic mass is 10.0. The molecule has 5 aromatic rings. The van der Waals surface area contributed by atoms with Gasteiger partial charge in [-0.3, -0.25) is 19.4 Å². The van der Waals surface area contributed by atoms with E-state index in [1.165, 1.54) is 11.8 Å². The summed E-state index contributed by atoms with van der Waals surface area (Å²) in [5, 5.41) is 10.5. The molecule has 0 aliphatic heterocycles. The number of nitrogens with one attached hydrogen (secondary N) is 3. The smallest absolute Gasteiger partial charge is 0.272 e. The molecule has 0 radical (unpaired) electrons. The molecule has 202 valence electrons. The molecule has 0 unspecified atom stereocenters. The highest BCUT2D eigenvalue weighted by Crippen LogP contribution is 2.23. The number of thioether (sulfide) groups is 1. The highest BCUT2D eigenvalue weighted by Gasteiger charge is 2.16. The number of fused-ring (bicyclic) bond motifs is 1. The summed E-state index contributed by atoms with van der Waals surface area (Å²) in [5.41, 5.74) is 2.60. The molecular formula is C33H26N4O3S. The molecule has 3 amide bonds. The fraction of sp³-hybridized carbons (Fsp3) is 0.0303. The minimum atomic E-state index is -0.459.